The molecule has 0 aliphatic heterocycles. The van der Waals surface area contributed by atoms with Gasteiger partial charge in [0.1, 0.15) is 0 Å². The van der Waals surface area contributed by atoms with Crippen LogP contribution in [0.3, 0.4) is 0 Å². The molecule has 0 radical (unpaired) electrons. The first-order valence-corrected chi connectivity index (χ1v) is 8.01. The third-order valence-electron chi connectivity index (χ3n) is 4.52. The Hall–Kier alpha value is -0.120. The van der Waals surface area contributed by atoms with Gasteiger partial charge in [0, 0.05) is 24.7 Å². The summed E-state index contributed by atoms with van der Waals surface area (Å²) in [6, 6.07) is 0.625. The molecule has 1 fully saturated rings. The lowest BCUT2D eigenvalue weighted by Crippen LogP contribution is -2.62. The molecule has 19 heavy (non-hydrogen) atoms. The van der Waals surface area contributed by atoms with Gasteiger partial charge in [0.25, 0.3) is 0 Å². The predicted octanol–water partition coefficient (Wildman–Crippen LogP) is 3.37. The third kappa shape index (κ3) is 4.73. The minimum atomic E-state index is 0.324. The normalized spacial score (nSPS) is 30.6. The summed E-state index contributed by atoms with van der Waals surface area (Å²) in [6.07, 6.45) is 5.50. The number of nitrogens with one attached hydrogen (secondary N) is 1. The van der Waals surface area contributed by atoms with E-state index in [-0.39, 0.29) is 0 Å². The average Bonchev–Trinajstić information content (AvgIpc) is 2.38. The van der Waals surface area contributed by atoms with E-state index in [2.05, 4.69) is 39.9 Å². The van der Waals surface area contributed by atoms with Crippen LogP contribution in [0.4, 0.5) is 0 Å². The molecule has 0 amide bonds. The highest BCUT2D eigenvalue weighted by molar-refractivity contribution is 5.04. The minimum absolute atomic E-state index is 0.324. The van der Waals surface area contributed by atoms with Crippen LogP contribution in [0, 0.1) is 5.41 Å². The molecule has 1 rings (SSSR count). The third-order valence-corrected chi connectivity index (χ3v) is 4.52. The van der Waals surface area contributed by atoms with Crippen LogP contribution in [0.15, 0.2) is 0 Å². The summed E-state index contributed by atoms with van der Waals surface area (Å²) >= 11 is 0. The zero-order valence-electron chi connectivity index (χ0n) is 13.5. The SMILES string of the molecule is CCOC1CC(NCCCCOC(C)C)C1(C)CC. The van der Waals surface area contributed by atoms with E-state index >= 15 is 0 Å². The van der Waals surface area contributed by atoms with Crippen molar-refractivity contribution in [2.24, 2.45) is 5.41 Å². The fourth-order valence-corrected chi connectivity index (χ4v) is 2.89. The van der Waals surface area contributed by atoms with Crippen molar-refractivity contribution in [1.29, 1.82) is 0 Å². The van der Waals surface area contributed by atoms with Gasteiger partial charge < -0.3 is 14.8 Å². The second kappa shape index (κ2) is 8.23. The molecule has 0 bridgehead atoms. The molecule has 3 nitrogen and oxygen atoms in total. The van der Waals surface area contributed by atoms with E-state index in [0.717, 1.165) is 26.2 Å². The van der Waals surface area contributed by atoms with Gasteiger partial charge in [-0.05, 0) is 53.0 Å². The number of ether oxygens (including phenoxy) is 2. The highest BCUT2D eigenvalue weighted by Crippen LogP contribution is 2.45. The largest absolute Gasteiger partial charge is 0.379 e. The molecule has 3 heteroatoms. The Balaban J connectivity index is 2.13. The van der Waals surface area contributed by atoms with Crippen LogP contribution in [-0.2, 0) is 9.47 Å². The monoisotopic (exact) mass is 271 g/mol. The molecule has 0 aromatic rings. The molecule has 0 saturated heterocycles. The van der Waals surface area contributed by atoms with Gasteiger partial charge >= 0.3 is 0 Å². The summed E-state index contributed by atoms with van der Waals surface area (Å²) in [4.78, 5) is 0. The second-order valence-electron chi connectivity index (χ2n) is 6.17. The van der Waals surface area contributed by atoms with E-state index < -0.39 is 0 Å². The topological polar surface area (TPSA) is 30.5 Å². The van der Waals surface area contributed by atoms with Gasteiger partial charge in [-0.1, -0.05) is 13.8 Å². The van der Waals surface area contributed by atoms with Crippen LogP contribution in [0.2, 0.25) is 0 Å². The predicted molar refractivity (Wildman–Crippen MR) is 80.5 cm³/mol. The number of hydrogen-bond donors (Lipinski definition) is 1. The summed E-state index contributed by atoms with van der Waals surface area (Å²) in [6.45, 7) is 13.7. The summed E-state index contributed by atoms with van der Waals surface area (Å²) in [7, 11) is 0. The zero-order chi connectivity index (χ0) is 14.3. The summed E-state index contributed by atoms with van der Waals surface area (Å²) in [5, 5.41) is 3.70. The number of rotatable bonds is 10. The van der Waals surface area contributed by atoms with E-state index in [1.54, 1.807) is 0 Å². The number of hydrogen-bond acceptors (Lipinski definition) is 3. The van der Waals surface area contributed by atoms with Gasteiger partial charge in [-0.3, -0.25) is 0 Å². The zero-order valence-corrected chi connectivity index (χ0v) is 13.5. The second-order valence-corrected chi connectivity index (χ2v) is 6.17. The standard InChI is InChI=1S/C16H33NO2/c1-6-16(5)14(12-15(16)18-7-2)17-10-8-9-11-19-13(3)4/h13-15,17H,6-12H2,1-5H3. The number of unbranched alkanes of at least 4 members (excludes halogenated alkanes) is 1. The molecule has 0 spiro atoms. The average molecular weight is 271 g/mol. The molecule has 0 aromatic heterocycles. The van der Waals surface area contributed by atoms with E-state index in [0.29, 0.717) is 23.7 Å². The van der Waals surface area contributed by atoms with Crippen LogP contribution in [0.1, 0.15) is 60.3 Å². The Kier molecular flexibility index (Phi) is 7.33. The van der Waals surface area contributed by atoms with Crippen molar-refractivity contribution in [1.82, 2.24) is 5.32 Å². The molecule has 0 heterocycles. The molecular weight excluding hydrogens is 238 g/mol. The fourth-order valence-electron chi connectivity index (χ4n) is 2.89. The fraction of sp³-hybridized carbons (Fsp3) is 1.00. The first-order valence-electron chi connectivity index (χ1n) is 8.01. The Morgan fingerprint density at radius 2 is 2.00 bits per heavy atom. The molecule has 1 aliphatic rings. The first kappa shape index (κ1) is 16.9. The van der Waals surface area contributed by atoms with Crippen molar-refractivity contribution in [3.63, 3.8) is 0 Å². The maximum Gasteiger partial charge on any atom is 0.0658 e. The molecule has 1 saturated carbocycles. The Labute approximate surface area is 119 Å². The van der Waals surface area contributed by atoms with Gasteiger partial charge in [-0.15, -0.1) is 0 Å². The smallest absolute Gasteiger partial charge is 0.0658 e. The van der Waals surface area contributed by atoms with Crippen molar-refractivity contribution in [2.75, 3.05) is 19.8 Å². The van der Waals surface area contributed by atoms with E-state index in [9.17, 15) is 0 Å². The van der Waals surface area contributed by atoms with E-state index in [1.165, 1.54) is 19.3 Å². The molecule has 3 atom stereocenters. The van der Waals surface area contributed by atoms with Gasteiger partial charge in [-0.25, -0.2) is 0 Å². The molecule has 114 valence electrons. The quantitative estimate of drug-likeness (QED) is 0.618. The van der Waals surface area contributed by atoms with Crippen molar-refractivity contribution >= 4 is 0 Å². The molecule has 0 aromatic carbocycles. The lowest BCUT2D eigenvalue weighted by Gasteiger charge is -2.53. The van der Waals surface area contributed by atoms with Crippen molar-refractivity contribution in [2.45, 2.75) is 78.6 Å². The van der Waals surface area contributed by atoms with Crippen LogP contribution in [0.5, 0.6) is 0 Å². The highest BCUT2D eigenvalue weighted by atomic mass is 16.5. The first-order chi connectivity index (χ1) is 9.04. The van der Waals surface area contributed by atoms with Gasteiger partial charge in [0.2, 0.25) is 0 Å². The van der Waals surface area contributed by atoms with Gasteiger partial charge in [0.05, 0.1) is 12.2 Å². The maximum absolute atomic E-state index is 5.83. The highest BCUT2D eigenvalue weighted by Gasteiger charge is 2.50. The van der Waals surface area contributed by atoms with E-state index in [1.807, 2.05) is 0 Å². The van der Waals surface area contributed by atoms with Crippen molar-refractivity contribution in [3.05, 3.63) is 0 Å². The maximum atomic E-state index is 5.83. The Morgan fingerprint density at radius 3 is 2.58 bits per heavy atom. The van der Waals surface area contributed by atoms with Crippen LogP contribution < -0.4 is 5.32 Å². The van der Waals surface area contributed by atoms with Crippen molar-refractivity contribution in [3.8, 4) is 0 Å². The lowest BCUT2D eigenvalue weighted by atomic mass is 9.61. The molecular formula is C16H33NO2. The van der Waals surface area contributed by atoms with Crippen LogP contribution in [-0.4, -0.2) is 38.0 Å². The molecule has 1 aliphatic carbocycles. The summed E-state index contributed by atoms with van der Waals surface area (Å²) < 4.78 is 11.4. The lowest BCUT2D eigenvalue weighted by molar-refractivity contribution is -0.125. The molecule has 3 unspecified atom stereocenters. The summed E-state index contributed by atoms with van der Waals surface area (Å²) in [5.74, 6) is 0. The Bertz CT molecular complexity index is 245. The van der Waals surface area contributed by atoms with Crippen LogP contribution >= 0.6 is 0 Å². The van der Waals surface area contributed by atoms with Gasteiger partial charge in [-0.2, -0.15) is 0 Å². The van der Waals surface area contributed by atoms with Gasteiger partial charge in [0.15, 0.2) is 0 Å². The van der Waals surface area contributed by atoms with Crippen LogP contribution in [0.25, 0.3) is 0 Å². The van der Waals surface area contributed by atoms with E-state index in [4.69, 9.17) is 9.47 Å². The summed E-state index contributed by atoms with van der Waals surface area (Å²) in [5.41, 5.74) is 0.324. The Morgan fingerprint density at radius 1 is 1.26 bits per heavy atom. The molecule has 1 N–H and O–H groups in total. The van der Waals surface area contributed by atoms with Crippen molar-refractivity contribution < 1.29 is 9.47 Å². The minimum Gasteiger partial charge on any atom is -0.379 e.